The van der Waals surface area contributed by atoms with E-state index in [1.807, 2.05) is 0 Å². The van der Waals surface area contributed by atoms with Crippen LogP contribution in [0.2, 0.25) is 0 Å². The predicted octanol–water partition coefficient (Wildman–Crippen LogP) is -2.79. The lowest BCUT2D eigenvalue weighted by molar-refractivity contribution is -0.118. The van der Waals surface area contributed by atoms with Crippen molar-refractivity contribution in [3.63, 3.8) is 0 Å². The Balaban J connectivity index is 4.24. The van der Waals surface area contributed by atoms with Gasteiger partial charge in [0.15, 0.2) is 6.29 Å². The highest BCUT2D eigenvalue weighted by Crippen LogP contribution is 2.01. The van der Waals surface area contributed by atoms with Crippen molar-refractivity contribution in [1.82, 2.24) is 4.90 Å². The van der Waals surface area contributed by atoms with Crippen LogP contribution < -0.4 is 17.2 Å². The summed E-state index contributed by atoms with van der Waals surface area (Å²) < 4.78 is 4.99. The van der Waals surface area contributed by atoms with Gasteiger partial charge in [0.05, 0.1) is 18.8 Å². The molecule has 0 aliphatic carbocycles. The van der Waals surface area contributed by atoms with Crippen LogP contribution in [0.4, 0.5) is 0 Å². The largest absolute Gasteiger partial charge is 0.389 e. The van der Waals surface area contributed by atoms with Gasteiger partial charge in [-0.1, -0.05) is 0 Å². The maximum Gasteiger partial charge on any atom is 0.167 e. The van der Waals surface area contributed by atoms with E-state index in [1.165, 1.54) is 0 Å². The van der Waals surface area contributed by atoms with Crippen molar-refractivity contribution in [1.29, 1.82) is 0 Å². The van der Waals surface area contributed by atoms with E-state index in [0.717, 1.165) is 0 Å². The number of nitrogens with zero attached hydrogens (tertiary/aromatic N) is 1. The number of aliphatic hydroxyl groups excluding tert-OH is 2. The minimum Gasteiger partial charge on any atom is -0.389 e. The molecule has 7 heteroatoms. The lowest BCUT2D eigenvalue weighted by Gasteiger charge is -2.32. The van der Waals surface area contributed by atoms with Crippen molar-refractivity contribution >= 4 is 0 Å². The minimum atomic E-state index is -0.937. The van der Waals surface area contributed by atoms with E-state index in [1.54, 1.807) is 11.8 Å². The topological polar surface area (TPSA) is 131 Å². The summed E-state index contributed by atoms with van der Waals surface area (Å²) in [6.45, 7) is 3.29. The summed E-state index contributed by atoms with van der Waals surface area (Å²) >= 11 is 0. The number of rotatable bonds is 9. The summed E-state index contributed by atoms with van der Waals surface area (Å²) in [6, 6.07) is 0. The van der Waals surface area contributed by atoms with Crippen LogP contribution in [0.1, 0.15) is 6.92 Å². The lowest BCUT2D eigenvalue weighted by Crippen LogP contribution is -2.55. The maximum absolute atomic E-state index is 9.51. The summed E-state index contributed by atoms with van der Waals surface area (Å²) in [4.78, 5) is 1.65. The fourth-order valence-electron chi connectivity index (χ4n) is 1.36. The van der Waals surface area contributed by atoms with Crippen LogP contribution in [-0.2, 0) is 4.74 Å². The molecule has 0 aromatic rings. The normalized spacial score (nSPS) is 17.4. The third kappa shape index (κ3) is 5.71. The predicted molar refractivity (Wildman–Crippen MR) is 61.3 cm³/mol. The van der Waals surface area contributed by atoms with Crippen molar-refractivity contribution in [3.8, 4) is 0 Å². The summed E-state index contributed by atoms with van der Waals surface area (Å²) in [5.41, 5.74) is 16.5. The molecule has 98 valence electrons. The molecule has 0 aliphatic rings. The summed E-state index contributed by atoms with van der Waals surface area (Å²) in [5.74, 6) is 0. The first kappa shape index (κ1) is 15.7. The fourth-order valence-corrected chi connectivity index (χ4v) is 1.36. The van der Waals surface area contributed by atoms with E-state index in [0.29, 0.717) is 19.7 Å². The molecule has 0 spiro atoms. The third-order valence-corrected chi connectivity index (χ3v) is 2.22. The minimum absolute atomic E-state index is 0.0625. The van der Waals surface area contributed by atoms with Crippen LogP contribution >= 0.6 is 0 Å². The van der Waals surface area contributed by atoms with Crippen LogP contribution in [0.25, 0.3) is 0 Å². The van der Waals surface area contributed by atoms with Crippen LogP contribution in [0.3, 0.4) is 0 Å². The van der Waals surface area contributed by atoms with Gasteiger partial charge in [-0.25, -0.2) is 0 Å². The number of ether oxygens (including phenoxy) is 1. The Morgan fingerprint density at radius 2 is 1.94 bits per heavy atom. The molecule has 0 rings (SSSR count). The van der Waals surface area contributed by atoms with E-state index in [9.17, 15) is 10.2 Å². The van der Waals surface area contributed by atoms with Crippen molar-refractivity contribution in [2.75, 3.05) is 32.8 Å². The summed E-state index contributed by atoms with van der Waals surface area (Å²) in [7, 11) is 0. The molecule has 0 aromatic carbocycles. The van der Waals surface area contributed by atoms with E-state index in [4.69, 9.17) is 21.9 Å². The molecular formula is C9H24N4O3. The zero-order valence-electron chi connectivity index (χ0n) is 9.75. The molecule has 3 unspecified atom stereocenters. The lowest BCUT2D eigenvalue weighted by atomic mass is 10.2. The number of nitrogens with two attached hydrogens (primary N) is 3. The Morgan fingerprint density at radius 1 is 1.31 bits per heavy atom. The Kier molecular flexibility index (Phi) is 8.67. The van der Waals surface area contributed by atoms with Gasteiger partial charge in [0.1, 0.15) is 0 Å². The second-order valence-electron chi connectivity index (χ2n) is 3.49. The van der Waals surface area contributed by atoms with E-state index in [-0.39, 0.29) is 13.1 Å². The van der Waals surface area contributed by atoms with Crippen LogP contribution in [0.15, 0.2) is 0 Å². The molecule has 3 atom stereocenters. The van der Waals surface area contributed by atoms with Gasteiger partial charge in [0, 0.05) is 26.2 Å². The molecule has 0 heterocycles. The standard InChI is InChI=1S/C9H24N4O3/c1-2-16-8(15)6-13(4-3-10)9(12)7(14)5-11/h7-9,14-15H,2-6,10-12H2,1H3. The molecule has 8 N–H and O–H groups in total. The molecule has 0 aliphatic heterocycles. The number of hydrogen-bond donors (Lipinski definition) is 5. The third-order valence-electron chi connectivity index (χ3n) is 2.22. The number of hydrogen-bond acceptors (Lipinski definition) is 7. The molecule has 0 fully saturated rings. The molecule has 7 nitrogen and oxygen atoms in total. The Morgan fingerprint density at radius 3 is 2.38 bits per heavy atom. The Labute approximate surface area is 96.1 Å². The maximum atomic E-state index is 9.51. The highest BCUT2D eigenvalue weighted by molar-refractivity contribution is 4.75. The molecule has 0 aromatic heterocycles. The second-order valence-corrected chi connectivity index (χ2v) is 3.49. The van der Waals surface area contributed by atoms with Gasteiger partial charge in [-0.3, -0.25) is 4.90 Å². The molecule has 16 heavy (non-hydrogen) atoms. The van der Waals surface area contributed by atoms with Gasteiger partial charge in [0.2, 0.25) is 0 Å². The first-order chi connectivity index (χ1) is 7.56. The molecule has 0 radical (unpaired) electrons. The quantitative estimate of drug-likeness (QED) is 0.273. The zero-order chi connectivity index (χ0) is 12.6. The van der Waals surface area contributed by atoms with E-state index < -0.39 is 18.6 Å². The molecular weight excluding hydrogens is 212 g/mol. The van der Waals surface area contributed by atoms with Crippen molar-refractivity contribution in [2.24, 2.45) is 17.2 Å². The smallest absolute Gasteiger partial charge is 0.167 e. The van der Waals surface area contributed by atoms with Gasteiger partial charge in [-0.05, 0) is 6.92 Å². The number of aliphatic hydroxyl groups is 2. The fraction of sp³-hybridized carbons (Fsp3) is 1.00. The Hall–Kier alpha value is -0.280. The van der Waals surface area contributed by atoms with Gasteiger partial charge in [0.25, 0.3) is 0 Å². The average molecular weight is 236 g/mol. The van der Waals surface area contributed by atoms with Crippen LogP contribution in [0.5, 0.6) is 0 Å². The van der Waals surface area contributed by atoms with Gasteiger partial charge < -0.3 is 32.2 Å². The molecule has 0 saturated heterocycles. The second kappa shape index (κ2) is 8.82. The SMILES string of the molecule is CCOC(O)CN(CCN)C(N)C(O)CN. The monoisotopic (exact) mass is 236 g/mol. The van der Waals surface area contributed by atoms with E-state index in [2.05, 4.69) is 0 Å². The highest BCUT2D eigenvalue weighted by Gasteiger charge is 2.22. The zero-order valence-corrected chi connectivity index (χ0v) is 9.75. The van der Waals surface area contributed by atoms with E-state index >= 15 is 0 Å². The van der Waals surface area contributed by atoms with Crippen LogP contribution in [-0.4, -0.2) is 66.5 Å². The van der Waals surface area contributed by atoms with Crippen molar-refractivity contribution in [3.05, 3.63) is 0 Å². The Bertz CT molecular complexity index is 173. The molecule has 0 saturated carbocycles. The van der Waals surface area contributed by atoms with Crippen LogP contribution in [0, 0.1) is 0 Å². The van der Waals surface area contributed by atoms with Gasteiger partial charge in [-0.15, -0.1) is 0 Å². The summed E-state index contributed by atoms with van der Waals surface area (Å²) in [6.07, 6.45) is -2.43. The average Bonchev–Trinajstić information content (AvgIpc) is 2.26. The molecule has 0 bridgehead atoms. The first-order valence-electron chi connectivity index (χ1n) is 5.44. The van der Waals surface area contributed by atoms with Crippen molar-refractivity contribution < 1.29 is 14.9 Å². The van der Waals surface area contributed by atoms with Crippen molar-refractivity contribution in [2.45, 2.75) is 25.5 Å². The van der Waals surface area contributed by atoms with Gasteiger partial charge >= 0.3 is 0 Å². The molecule has 0 amide bonds. The van der Waals surface area contributed by atoms with Gasteiger partial charge in [-0.2, -0.15) is 0 Å². The highest BCUT2D eigenvalue weighted by atomic mass is 16.6. The first-order valence-corrected chi connectivity index (χ1v) is 5.44. The summed E-state index contributed by atoms with van der Waals surface area (Å²) in [5, 5.41) is 19.0.